The zero-order valence-electron chi connectivity index (χ0n) is 11.0. The monoisotopic (exact) mass is 274 g/mol. The molecule has 106 valence electrons. The van der Waals surface area contributed by atoms with Crippen LogP contribution in [0.5, 0.6) is 0 Å². The minimum atomic E-state index is -4.57. The zero-order valence-corrected chi connectivity index (χ0v) is 11.0. The lowest BCUT2D eigenvalue weighted by atomic mass is 9.84. The van der Waals surface area contributed by atoms with Crippen molar-refractivity contribution in [1.29, 1.82) is 0 Å². The van der Waals surface area contributed by atoms with E-state index in [2.05, 4.69) is 23.8 Å². The molecule has 7 heteroatoms. The topological polar surface area (TPSA) is 55.0 Å². The number of nitrogen functional groups attached to an aromatic ring is 1. The van der Waals surface area contributed by atoms with E-state index < -0.39 is 12.0 Å². The van der Waals surface area contributed by atoms with Crippen molar-refractivity contribution in [2.24, 2.45) is 5.41 Å². The van der Waals surface area contributed by atoms with Gasteiger partial charge in [-0.25, -0.2) is 9.97 Å². The summed E-state index contributed by atoms with van der Waals surface area (Å²) in [6, 6.07) is 1.40. The molecule has 1 aliphatic heterocycles. The first kappa shape index (κ1) is 13.9. The van der Waals surface area contributed by atoms with E-state index in [-0.39, 0.29) is 17.1 Å². The van der Waals surface area contributed by atoms with Crippen molar-refractivity contribution >= 4 is 11.6 Å². The Balaban J connectivity index is 2.32. The highest BCUT2D eigenvalue weighted by Crippen LogP contribution is 2.33. The van der Waals surface area contributed by atoms with Gasteiger partial charge in [0.15, 0.2) is 0 Å². The molecule has 0 atom stereocenters. The van der Waals surface area contributed by atoms with Crippen LogP contribution in [-0.4, -0.2) is 23.1 Å². The summed E-state index contributed by atoms with van der Waals surface area (Å²) in [6.07, 6.45) is -2.59. The van der Waals surface area contributed by atoms with E-state index in [1.54, 1.807) is 0 Å². The van der Waals surface area contributed by atoms with Crippen LogP contribution in [0.2, 0.25) is 0 Å². The van der Waals surface area contributed by atoms with Gasteiger partial charge in [-0.05, 0) is 18.3 Å². The number of alkyl halides is 3. The maximum atomic E-state index is 12.7. The average molecular weight is 274 g/mol. The first-order chi connectivity index (χ1) is 8.67. The Kier molecular flexibility index (Phi) is 3.32. The number of halogens is 3. The van der Waals surface area contributed by atoms with Crippen LogP contribution in [0.3, 0.4) is 0 Å². The van der Waals surface area contributed by atoms with E-state index in [1.807, 2.05) is 4.90 Å². The molecule has 2 heterocycles. The van der Waals surface area contributed by atoms with Crippen LogP contribution in [-0.2, 0) is 6.18 Å². The summed E-state index contributed by atoms with van der Waals surface area (Å²) < 4.78 is 38.0. The largest absolute Gasteiger partial charge is 0.451 e. The predicted octanol–water partition coefficient (Wildman–Crippen LogP) is 2.70. The Morgan fingerprint density at radius 3 is 2.58 bits per heavy atom. The van der Waals surface area contributed by atoms with Crippen LogP contribution < -0.4 is 10.6 Å². The highest BCUT2D eigenvalue weighted by atomic mass is 19.4. The number of nitrogens with two attached hydrogens (primary N) is 1. The van der Waals surface area contributed by atoms with E-state index >= 15 is 0 Å². The number of nitrogens with zero attached hydrogens (tertiary/aromatic N) is 3. The Labute approximate surface area is 109 Å². The smallest absolute Gasteiger partial charge is 0.384 e. The molecule has 0 saturated carbocycles. The summed E-state index contributed by atoms with van der Waals surface area (Å²) in [6.45, 7) is 5.54. The van der Waals surface area contributed by atoms with E-state index in [9.17, 15) is 13.2 Å². The molecule has 1 aromatic heterocycles. The summed E-state index contributed by atoms with van der Waals surface area (Å²) >= 11 is 0. The maximum absolute atomic E-state index is 12.7. The standard InChI is InChI=1S/C12H17F3N4/c1-11(2)4-3-5-19(7-11)9-6-8(16)17-10(18-9)12(13,14)15/h6H,3-5,7H2,1-2H3,(H2,16,17,18). The van der Waals surface area contributed by atoms with Crippen molar-refractivity contribution in [2.45, 2.75) is 32.9 Å². The molecular formula is C12H17F3N4. The van der Waals surface area contributed by atoms with Crippen molar-refractivity contribution in [3.63, 3.8) is 0 Å². The summed E-state index contributed by atoms with van der Waals surface area (Å²) in [5.41, 5.74) is 5.52. The van der Waals surface area contributed by atoms with E-state index in [4.69, 9.17) is 5.73 Å². The molecule has 0 bridgehead atoms. The van der Waals surface area contributed by atoms with Gasteiger partial charge in [-0.2, -0.15) is 13.2 Å². The van der Waals surface area contributed by atoms with Gasteiger partial charge in [-0.3, -0.25) is 0 Å². The molecule has 4 nitrogen and oxygen atoms in total. The van der Waals surface area contributed by atoms with Gasteiger partial charge in [-0.1, -0.05) is 13.8 Å². The third-order valence-corrected chi connectivity index (χ3v) is 3.21. The second-order valence-corrected chi connectivity index (χ2v) is 5.66. The van der Waals surface area contributed by atoms with Gasteiger partial charge >= 0.3 is 6.18 Å². The fourth-order valence-corrected chi connectivity index (χ4v) is 2.36. The van der Waals surface area contributed by atoms with Crippen molar-refractivity contribution in [2.75, 3.05) is 23.7 Å². The third kappa shape index (κ3) is 3.27. The number of hydrogen-bond acceptors (Lipinski definition) is 4. The fraction of sp³-hybridized carbons (Fsp3) is 0.667. The van der Waals surface area contributed by atoms with Crippen molar-refractivity contribution in [3.05, 3.63) is 11.9 Å². The molecule has 0 radical (unpaired) electrons. The highest BCUT2D eigenvalue weighted by molar-refractivity contribution is 5.47. The average Bonchev–Trinajstić information content (AvgIpc) is 2.25. The molecule has 2 N–H and O–H groups in total. The number of hydrogen-bond donors (Lipinski definition) is 1. The Hall–Kier alpha value is -1.53. The molecule has 1 aromatic rings. The summed E-state index contributed by atoms with van der Waals surface area (Å²) in [7, 11) is 0. The molecule has 1 fully saturated rings. The van der Waals surface area contributed by atoms with Gasteiger partial charge in [0.25, 0.3) is 0 Å². The lowest BCUT2D eigenvalue weighted by Gasteiger charge is -2.38. The maximum Gasteiger partial charge on any atom is 0.451 e. The zero-order chi connectivity index (χ0) is 14.3. The van der Waals surface area contributed by atoms with Crippen molar-refractivity contribution in [1.82, 2.24) is 9.97 Å². The van der Waals surface area contributed by atoms with E-state index in [0.29, 0.717) is 13.1 Å². The number of rotatable bonds is 1. The first-order valence-corrected chi connectivity index (χ1v) is 6.14. The number of anilines is 2. The van der Waals surface area contributed by atoms with Crippen LogP contribution in [0.15, 0.2) is 6.07 Å². The molecule has 19 heavy (non-hydrogen) atoms. The molecule has 1 saturated heterocycles. The molecule has 0 amide bonds. The van der Waals surface area contributed by atoms with Gasteiger partial charge in [0, 0.05) is 19.2 Å². The second-order valence-electron chi connectivity index (χ2n) is 5.66. The van der Waals surface area contributed by atoms with Crippen LogP contribution >= 0.6 is 0 Å². The predicted molar refractivity (Wildman–Crippen MR) is 66.7 cm³/mol. The summed E-state index contributed by atoms with van der Waals surface area (Å²) in [5, 5.41) is 0. The van der Waals surface area contributed by atoms with E-state index in [1.165, 1.54) is 6.07 Å². The Morgan fingerprint density at radius 2 is 2.00 bits per heavy atom. The van der Waals surface area contributed by atoms with Gasteiger partial charge < -0.3 is 10.6 Å². The molecule has 0 aromatic carbocycles. The van der Waals surface area contributed by atoms with Gasteiger partial charge in [0.05, 0.1) is 0 Å². The first-order valence-electron chi connectivity index (χ1n) is 6.14. The normalized spacial score (nSPS) is 19.5. The van der Waals surface area contributed by atoms with Gasteiger partial charge in [0.1, 0.15) is 11.6 Å². The Morgan fingerprint density at radius 1 is 1.32 bits per heavy atom. The van der Waals surface area contributed by atoms with Crippen molar-refractivity contribution in [3.8, 4) is 0 Å². The minimum absolute atomic E-state index is 0.0658. The lowest BCUT2D eigenvalue weighted by Crippen LogP contribution is -2.40. The van der Waals surface area contributed by atoms with Crippen LogP contribution in [0.1, 0.15) is 32.5 Å². The molecule has 0 unspecified atom stereocenters. The van der Waals surface area contributed by atoms with Gasteiger partial charge in [-0.15, -0.1) is 0 Å². The molecule has 0 aliphatic carbocycles. The summed E-state index contributed by atoms with van der Waals surface area (Å²) in [4.78, 5) is 8.70. The SMILES string of the molecule is CC1(C)CCCN(c2cc(N)nc(C(F)(F)F)n2)C1. The number of piperidine rings is 1. The van der Waals surface area contributed by atoms with E-state index in [0.717, 1.165) is 12.8 Å². The second kappa shape index (κ2) is 4.54. The third-order valence-electron chi connectivity index (χ3n) is 3.21. The Bertz CT molecular complexity index is 471. The number of aromatic nitrogens is 2. The fourth-order valence-electron chi connectivity index (χ4n) is 2.36. The lowest BCUT2D eigenvalue weighted by molar-refractivity contribution is -0.144. The quantitative estimate of drug-likeness (QED) is 0.855. The summed E-state index contributed by atoms with van der Waals surface area (Å²) in [5.74, 6) is -1.07. The highest BCUT2D eigenvalue weighted by Gasteiger charge is 2.36. The van der Waals surface area contributed by atoms with Crippen LogP contribution in [0.25, 0.3) is 0 Å². The van der Waals surface area contributed by atoms with Crippen LogP contribution in [0, 0.1) is 5.41 Å². The molecular weight excluding hydrogens is 257 g/mol. The van der Waals surface area contributed by atoms with Crippen LogP contribution in [0.4, 0.5) is 24.8 Å². The molecule has 1 aliphatic rings. The van der Waals surface area contributed by atoms with Gasteiger partial charge in [0.2, 0.25) is 5.82 Å². The minimum Gasteiger partial charge on any atom is -0.384 e. The van der Waals surface area contributed by atoms with Crippen molar-refractivity contribution < 1.29 is 13.2 Å². The molecule has 2 rings (SSSR count). The molecule has 0 spiro atoms.